The number of methoxy groups -OCH3 is 1. The lowest BCUT2D eigenvalue weighted by Gasteiger charge is -2.05. The van der Waals surface area contributed by atoms with Crippen LogP contribution in [-0.2, 0) is 4.79 Å². The standard InChI is InChI=1S/C24H19N5O2S2/c1-28-22(30)20(33-24(28)26-23-25-12-13-32-23)14-17-15-29(18-6-4-3-5-7-18)27-21(17)16-8-10-19(31-2)11-9-16/h3-15H,1-2H3/b20-14-,26-24+. The molecule has 2 aromatic heterocycles. The number of aromatic nitrogens is 3. The van der Waals surface area contributed by atoms with Crippen molar-refractivity contribution in [3.8, 4) is 22.7 Å². The predicted molar refractivity (Wildman–Crippen MR) is 133 cm³/mol. The molecule has 0 aliphatic carbocycles. The zero-order valence-corrected chi connectivity index (χ0v) is 19.5. The molecule has 2 aromatic carbocycles. The number of rotatable bonds is 5. The van der Waals surface area contributed by atoms with Gasteiger partial charge in [0.05, 0.1) is 23.4 Å². The summed E-state index contributed by atoms with van der Waals surface area (Å²) in [7, 11) is 3.36. The molecule has 0 spiro atoms. The van der Waals surface area contributed by atoms with E-state index in [2.05, 4.69) is 9.98 Å². The number of aliphatic imine (C=N–C) groups is 1. The van der Waals surface area contributed by atoms with Gasteiger partial charge in [-0.25, -0.2) is 9.67 Å². The SMILES string of the molecule is COc1ccc(-c2nn(-c3ccccc3)cc2/C=C2\S/C(=N/c3nccs3)N(C)C2=O)cc1. The molecule has 1 aliphatic heterocycles. The van der Waals surface area contributed by atoms with E-state index in [0.29, 0.717) is 15.2 Å². The summed E-state index contributed by atoms with van der Waals surface area (Å²) in [5.41, 5.74) is 3.47. The van der Waals surface area contributed by atoms with Crippen LogP contribution in [-0.4, -0.2) is 44.9 Å². The van der Waals surface area contributed by atoms with Gasteiger partial charge in [0, 0.05) is 35.9 Å². The molecule has 0 N–H and O–H groups in total. The van der Waals surface area contributed by atoms with E-state index in [0.717, 1.165) is 28.3 Å². The maximum atomic E-state index is 13.0. The number of thiazole rings is 1. The molecule has 1 fully saturated rings. The molecule has 1 aliphatic rings. The summed E-state index contributed by atoms with van der Waals surface area (Å²) in [6.45, 7) is 0. The first kappa shape index (κ1) is 21.2. The molecule has 7 nitrogen and oxygen atoms in total. The largest absolute Gasteiger partial charge is 0.497 e. The molecule has 3 heterocycles. The van der Waals surface area contributed by atoms with Gasteiger partial charge < -0.3 is 4.74 Å². The van der Waals surface area contributed by atoms with E-state index < -0.39 is 0 Å². The number of hydrogen-bond acceptors (Lipinski definition) is 7. The second-order valence-corrected chi connectivity index (χ2v) is 9.01. The summed E-state index contributed by atoms with van der Waals surface area (Å²) in [5.74, 6) is 0.663. The summed E-state index contributed by atoms with van der Waals surface area (Å²) < 4.78 is 7.11. The van der Waals surface area contributed by atoms with E-state index >= 15 is 0 Å². The Hall–Kier alpha value is -3.69. The molecule has 9 heteroatoms. The topological polar surface area (TPSA) is 72.6 Å². The van der Waals surface area contributed by atoms with Crippen molar-refractivity contribution in [3.05, 3.63) is 82.8 Å². The number of carbonyl (C=O) groups is 1. The summed E-state index contributed by atoms with van der Waals surface area (Å²) in [6, 6.07) is 17.6. The summed E-state index contributed by atoms with van der Waals surface area (Å²) >= 11 is 2.76. The van der Waals surface area contributed by atoms with Crippen molar-refractivity contribution in [2.45, 2.75) is 0 Å². The molecule has 5 rings (SSSR count). The fourth-order valence-electron chi connectivity index (χ4n) is 3.32. The number of likely N-dealkylation sites (N-methyl/N-ethyl adjacent to an activating group) is 1. The Morgan fingerprint density at radius 1 is 1.09 bits per heavy atom. The van der Waals surface area contributed by atoms with Crippen LogP contribution in [0, 0.1) is 0 Å². The zero-order chi connectivity index (χ0) is 22.8. The van der Waals surface area contributed by atoms with Crippen LogP contribution in [0.3, 0.4) is 0 Å². The van der Waals surface area contributed by atoms with Gasteiger partial charge in [0.25, 0.3) is 5.91 Å². The highest BCUT2D eigenvalue weighted by Crippen LogP contribution is 2.35. The number of amidine groups is 1. The van der Waals surface area contributed by atoms with Gasteiger partial charge in [-0.05, 0) is 54.2 Å². The molecule has 164 valence electrons. The Bertz CT molecular complexity index is 1340. The molecular weight excluding hydrogens is 454 g/mol. The van der Waals surface area contributed by atoms with Gasteiger partial charge >= 0.3 is 0 Å². The highest BCUT2D eigenvalue weighted by Gasteiger charge is 2.31. The molecule has 1 saturated heterocycles. The minimum atomic E-state index is -0.108. The first-order valence-corrected chi connectivity index (χ1v) is 11.8. The maximum Gasteiger partial charge on any atom is 0.266 e. The Kier molecular flexibility index (Phi) is 5.80. The number of nitrogens with zero attached hydrogens (tertiary/aromatic N) is 5. The molecule has 0 radical (unpaired) electrons. The molecule has 0 saturated carbocycles. The second kappa shape index (κ2) is 9.05. The zero-order valence-electron chi connectivity index (χ0n) is 17.9. The average molecular weight is 474 g/mol. The lowest BCUT2D eigenvalue weighted by atomic mass is 10.1. The minimum Gasteiger partial charge on any atom is -0.497 e. The van der Waals surface area contributed by atoms with E-state index in [1.807, 2.05) is 76.9 Å². The van der Waals surface area contributed by atoms with Gasteiger partial charge in [-0.15, -0.1) is 11.3 Å². The van der Waals surface area contributed by atoms with Crippen molar-refractivity contribution >= 4 is 45.4 Å². The van der Waals surface area contributed by atoms with Crippen LogP contribution in [0.25, 0.3) is 23.0 Å². The fourth-order valence-corrected chi connectivity index (χ4v) is 4.85. The van der Waals surface area contributed by atoms with Crippen LogP contribution in [0.2, 0.25) is 0 Å². The third-order valence-electron chi connectivity index (χ3n) is 5.03. The summed E-state index contributed by atoms with van der Waals surface area (Å²) in [4.78, 5) is 23.8. The molecule has 33 heavy (non-hydrogen) atoms. The Labute approximate surface area is 199 Å². The number of para-hydroxylation sites is 1. The molecule has 4 aromatic rings. The van der Waals surface area contributed by atoms with Crippen LogP contribution in [0.5, 0.6) is 5.75 Å². The lowest BCUT2D eigenvalue weighted by Crippen LogP contribution is -2.23. The summed E-state index contributed by atoms with van der Waals surface area (Å²) in [6.07, 6.45) is 5.51. The first-order valence-electron chi connectivity index (χ1n) is 10.1. The van der Waals surface area contributed by atoms with Crippen LogP contribution in [0.15, 0.2) is 82.3 Å². The van der Waals surface area contributed by atoms with Crippen molar-refractivity contribution in [2.75, 3.05) is 14.2 Å². The average Bonchev–Trinajstić information content (AvgIpc) is 3.58. The highest BCUT2D eigenvalue weighted by atomic mass is 32.2. The third kappa shape index (κ3) is 4.33. The third-order valence-corrected chi connectivity index (χ3v) is 6.75. The summed E-state index contributed by atoms with van der Waals surface area (Å²) in [5, 5.41) is 7.91. The molecular formula is C24H19N5O2S2. The van der Waals surface area contributed by atoms with E-state index in [4.69, 9.17) is 9.84 Å². The number of thioether (sulfide) groups is 1. The van der Waals surface area contributed by atoms with Crippen molar-refractivity contribution in [2.24, 2.45) is 4.99 Å². The van der Waals surface area contributed by atoms with Gasteiger partial charge in [-0.1, -0.05) is 18.2 Å². The number of carbonyl (C=O) groups excluding carboxylic acids is 1. The van der Waals surface area contributed by atoms with Crippen molar-refractivity contribution in [1.82, 2.24) is 19.7 Å². The Balaban J connectivity index is 1.57. The van der Waals surface area contributed by atoms with Gasteiger partial charge in [-0.3, -0.25) is 9.69 Å². The van der Waals surface area contributed by atoms with Crippen LogP contribution >= 0.6 is 23.1 Å². The van der Waals surface area contributed by atoms with E-state index in [-0.39, 0.29) is 5.91 Å². The maximum absolute atomic E-state index is 13.0. The molecule has 0 bridgehead atoms. The van der Waals surface area contributed by atoms with Gasteiger partial charge in [0.2, 0.25) is 5.13 Å². The van der Waals surface area contributed by atoms with Crippen LogP contribution < -0.4 is 4.74 Å². The smallest absolute Gasteiger partial charge is 0.266 e. The van der Waals surface area contributed by atoms with Crippen molar-refractivity contribution in [3.63, 3.8) is 0 Å². The lowest BCUT2D eigenvalue weighted by molar-refractivity contribution is -0.121. The first-order chi connectivity index (χ1) is 16.1. The van der Waals surface area contributed by atoms with Crippen molar-refractivity contribution < 1.29 is 9.53 Å². The van der Waals surface area contributed by atoms with Crippen LogP contribution in [0.1, 0.15) is 5.56 Å². The molecule has 0 atom stereocenters. The number of ether oxygens (including phenoxy) is 1. The monoisotopic (exact) mass is 473 g/mol. The predicted octanol–water partition coefficient (Wildman–Crippen LogP) is 5.24. The normalized spacial score (nSPS) is 16.2. The van der Waals surface area contributed by atoms with E-state index in [1.54, 1.807) is 25.3 Å². The second-order valence-electron chi connectivity index (χ2n) is 7.13. The van der Waals surface area contributed by atoms with Gasteiger partial charge in [-0.2, -0.15) is 10.1 Å². The Morgan fingerprint density at radius 2 is 1.88 bits per heavy atom. The van der Waals surface area contributed by atoms with E-state index in [9.17, 15) is 4.79 Å². The van der Waals surface area contributed by atoms with Gasteiger partial charge in [0.15, 0.2) is 5.17 Å². The van der Waals surface area contributed by atoms with E-state index in [1.165, 1.54) is 23.1 Å². The van der Waals surface area contributed by atoms with Crippen LogP contribution in [0.4, 0.5) is 5.13 Å². The number of hydrogen-bond donors (Lipinski definition) is 0. The Morgan fingerprint density at radius 3 is 2.58 bits per heavy atom. The molecule has 0 unspecified atom stereocenters. The van der Waals surface area contributed by atoms with Gasteiger partial charge in [0.1, 0.15) is 5.75 Å². The fraction of sp³-hybridized carbons (Fsp3) is 0.0833. The highest BCUT2D eigenvalue weighted by molar-refractivity contribution is 8.18. The minimum absolute atomic E-state index is 0.108. The number of amides is 1. The quantitative estimate of drug-likeness (QED) is 0.371. The number of benzene rings is 2. The van der Waals surface area contributed by atoms with Crippen molar-refractivity contribution in [1.29, 1.82) is 0 Å². The molecule has 1 amide bonds.